The predicted molar refractivity (Wildman–Crippen MR) is 102 cm³/mol. The molecule has 1 saturated carbocycles. The molecule has 10 heteroatoms. The van der Waals surface area contributed by atoms with E-state index in [4.69, 9.17) is 28.7 Å². The van der Waals surface area contributed by atoms with Gasteiger partial charge in [0.25, 0.3) is 0 Å². The van der Waals surface area contributed by atoms with Gasteiger partial charge in [0.1, 0.15) is 24.4 Å². The van der Waals surface area contributed by atoms with E-state index < -0.39 is 61.3 Å². The molecule has 0 unspecified atom stereocenters. The summed E-state index contributed by atoms with van der Waals surface area (Å²) < 4.78 is 24.1. The topological polar surface area (TPSA) is 136 Å². The van der Waals surface area contributed by atoms with E-state index in [2.05, 4.69) is 6.92 Å². The lowest BCUT2D eigenvalue weighted by Crippen LogP contribution is -2.71. The number of aliphatic hydroxyl groups is 4. The van der Waals surface area contributed by atoms with Gasteiger partial charge >= 0.3 is 0 Å². The maximum absolute atomic E-state index is 10.4. The van der Waals surface area contributed by atoms with Gasteiger partial charge in [0.05, 0.1) is 6.61 Å². The van der Waals surface area contributed by atoms with Crippen molar-refractivity contribution in [3.63, 3.8) is 0 Å². The van der Waals surface area contributed by atoms with Gasteiger partial charge in [0.2, 0.25) is 5.79 Å². The van der Waals surface area contributed by atoms with Gasteiger partial charge in [-0.15, -0.1) is 0 Å². The third-order valence-electron chi connectivity index (χ3n) is 8.21. The zero-order valence-electron chi connectivity index (χ0n) is 18.1. The highest BCUT2D eigenvalue weighted by Crippen LogP contribution is 2.60. The molecule has 5 saturated heterocycles. The largest absolute Gasteiger partial charge is 0.394 e. The molecule has 4 N–H and O–H groups in total. The number of hydrogen-bond donors (Lipinski definition) is 4. The monoisotopic (exact) mass is 446 g/mol. The van der Waals surface area contributed by atoms with Gasteiger partial charge in [-0.05, 0) is 38.0 Å². The van der Waals surface area contributed by atoms with Gasteiger partial charge in [0, 0.05) is 18.3 Å². The van der Waals surface area contributed by atoms with Crippen LogP contribution in [0.25, 0.3) is 0 Å². The van der Waals surface area contributed by atoms with Crippen LogP contribution < -0.4 is 0 Å². The molecule has 178 valence electrons. The Morgan fingerprint density at radius 2 is 1.68 bits per heavy atom. The summed E-state index contributed by atoms with van der Waals surface area (Å²) in [6, 6.07) is 0. The standard InChI is InChI=1S/C21H34O10/c1-9-4-5-12-10(2)17(27-18-16(25)15(24)14(23)13(8-22)26-18)28-19-21(12)11(9)6-7-20(3,29-19)30-31-21/h9-19,22-25H,4-8H2,1-3H3/t9-,10-,11+,12+,13-,14+,15+,16-,17+,18+,19-,20-,21-/m1/s1. The van der Waals surface area contributed by atoms with E-state index in [1.54, 1.807) is 0 Å². The first-order valence-electron chi connectivity index (χ1n) is 11.4. The van der Waals surface area contributed by atoms with Crippen LogP contribution in [0.1, 0.15) is 46.5 Å². The molecule has 0 aromatic heterocycles. The molecule has 6 aliphatic rings. The van der Waals surface area contributed by atoms with Crippen molar-refractivity contribution in [2.24, 2.45) is 23.7 Å². The predicted octanol–water partition coefficient (Wildman–Crippen LogP) is 0.0109. The lowest BCUT2D eigenvalue weighted by Gasteiger charge is -2.60. The average Bonchev–Trinajstić information content (AvgIpc) is 2.98. The van der Waals surface area contributed by atoms with Crippen LogP contribution in [0.3, 0.4) is 0 Å². The van der Waals surface area contributed by atoms with Gasteiger partial charge in [0.15, 0.2) is 24.5 Å². The van der Waals surface area contributed by atoms with Crippen LogP contribution in [0, 0.1) is 23.7 Å². The smallest absolute Gasteiger partial charge is 0.201 e. The van der Waals surface area contributed by atoms with Crippen LogP contribution in [0.15, 0.2) is 0 Å². The zero-order valence-corrected chi connectivity index (χ0v) is 18.1. The van der Waals surface area contributed by atoms with E-state index in [-0.39, 0.29) is 17.8 Å². The first-order valence-corrected chi connectivity index (χ1v) is 11.4. The Bertz CT molecular complexity index is 677. The Kier molecular flexibility index (Phi) is 5.66. The van der Waals surface area contributed by atoms with Crippen molar-refractivity contribution in [3.05, 3.63) is 0 Å². The Hall–Kier alpha value is -0.400. The van der Waals surface area contributed by atoms with Crippen LogP contribution in [-0.4, -0.2) is 81.7 Å². The fourth-order valence-corrected chi connectivity index (χ4v) is 6.34. The highest BCUT2D eigenvalue weighted by molar-refractivity contribution is 5.09. The van der Waals surface area contributed by atoms with Crippen molar-refractivity contribution in [2.75, 3.05) is 6.61 Å². The van der Waals surface area contributed by atoms with Crippen molar-refractivity contribution in [3.8, 4) is 0 Å². The van der Waals surface area contributed by atoms with E-state index >= 15 is 0 Å². The molecule has 5 heterocycles. The molecular formula is C21H34O10. The third-order valence-corrected chi connectivity index (χ3v) is 8.21. The normalized spacial score (nSPS) is 59.1. The van der Waals surface area contributed by atoms with E-state index in [0.717, 1.165) is 19.3 Å². The molecule has 6 rings (SSSR count). The van der Waals surface area contributed by atoms with Crippen LogP contribution in [0.2, 0.25) is 0 Å². The molecule has 1 spiro atoms. The van der Waals surface area contributed by atoms with Crippen molar-refractivity contribution in [2.45, 2.75) is 101 Å². The summed E-state index contributed by atoms with van der Waals surface area (Å²) >= 11 is 0. The van der Waals surface area contributed by atoms with E-state index in [1.807, 2.05) is 13.8 Å². The fourth-order valence-electron chi connectivity index (χ4n) is 6.34. The minimum absolute atomic E-state index is 0.0324. The number of ether oxygens (including phenoxy) is 4. The van der Waals surface area contributed by atoms with Crippen molar-refractivity contribution < 1.29 is 49.1 Å². The summed E-state index contributed by atoms with van der Waals surface area (Å²) in [5.74, 6) is -0.370. The zero-order chi connectivity index (χ0) is 22.1. The quantitative estimate of drug-likeness (QED) is 0.439. The van der Waals surface area contributed by atoms with Crippen molar-refractivity contribution in [1.82, 2.24) is 0 Å². The minimum Gasteiger partial charge on any atom is -0.394 e. The van der Waals surface area contributed by atoms with Gasteiger partial charge in [-0.2, -0.15) is 0 Å². The van der Waals surface area contributed by atoms with Crippen molar-refractivity contribution in [1.29, 1.82) is 0 Å². The molecule has 5 aliphatic heterocycles. The second-order valence-corrected chi connectivity index (χ2v) is 10.1. The van der Waals surface area contributed by atoms with Crippen LogP contribution >= 0.6 is 0 Å². The van der Waals surface area contributed by atoms with Crippen LogP contribution in [0.4, 0.5) is 0 Å². The van der Waals surface area contributed by atoms with Gasteiger partial charge in [-0.25, -0.2) is 9.78 Å². The van der Waals surface area contributed by atoms with Crippen molar-refractivity contribution >= 4 is 0 Å². The Balaban J connectivity index is 1.41. The van der Waals surface area contributed by atoms with Crippen LogP contribution in [0.5, 0.6) is 0 Å². The van der Waals surface area contributed by atoms with E-state index in [9.17, 15) is 20.4 Å². The maximum Gasteiger partial charge on any atom is 0.201 e. The molecule has 13 atom stereocenters. The average molecular weight is 446 g/mol. The van der Waals surface area contributed by atoms with E-state index in [0.29, 0.717) is 12.3 Å². The number of rotatable bonds is 3. The molecule has 31 heavy (non-hydrogen) atoms. The maximum atomic E-state index is 10.4. The molecule has 0 amide bonds. The summed E-state index contributed by atoms with van der Waals surface area (Å²) in [4.78, 5) is 11.9. The SMILES string of the molecule is C[C@H]1[C@@H](O[C@@H]2O[C@H](CO)[C@H](O)[C@H](O)[C@H]2O)O[C@@H]2O[C@@]3(C)CC[C@H]4[C@H](C)CC[C@@H]1[C@@]24OO3. The Morgan fingerprint density at radius 3 is 2.42 bits per heavy atom. The molecule has 0 radical (unpaired) electrons. The molecule has 0 aromatic carbocycles. The first-order chi connectivity index (χ1) is 14.7. The first kappa shape index (κ1) is 22.4. The Labute approximate surface area is 181 Å². The number of hydrogen-bond acceptors (Lipinski definition) is 10. The Morgan fingerprint density at radius 1 is 0.903 bits per heavy atom. The van der Waals surface area contributed by atoms with Gasteiger partial charge < -0.3 is 39.4 Å². The lowest BCUT2D eigenvalue weighted by molar-refractivity contribution is -0.579. The van der Waals surface area contributed by atoms with E-state index in [1.165, 1.54) is 0 Å². The summed E-state index contributed by atoms with van der Waals surface area (Å²) in [5, 5.41) is 40.0. The van der Waals surface area contributed by atoms with Gasteiger partial charge in [-0.3, -0.25) is 0 Å². The molecule has 6 fully saturated rings. The third kappa shape index (κ3) is 3.30. The van der Waals surface area contributed by atoms with Gasteiger partial charge in [-0.1, -0.05) is 13.8 Å². The fraction of sp³-hybridized carbons (Fsp3) is 1.00. The number of aliphatic hydroxyl groups excluding tert-OH is 4. The second-order valence-electron chi connectivity index (χ2n) is 10.1. The second kappa shape index (κ2) is 7.83. The highest BCUT2D eigenvalue weighted by atomic mass is 17.3. The molecule has 0 aromatic rings. The molecule has 1 aliphatic carbocycles. The highest BCUT2D eigenvalue weighted by Gasteiger charge is 2.69. The summed E-state index contributed by atoms with van der Waals surface area (Å²) in [7, 11) is 0. The molecule has 2 bridgehead atoms. The summed E-state index contributed by atoms with van der Waals surface area (Å²) in [6.07, 6.45) is -4.74. The lowest BCUT2D eigenvalue weighted by atomic mass is 9.58. The summed E-state index contributed by atoms with van der Waals surface area (Å²) in [5.41, 5.74) is -0.734. The minimum atomic E-state index is -1.51. The molecule has 10 nitrogen and oxygen atoms in total. The molecular weight excluding hydrogens is 412 g/mol. The van der Waals surface area contributed by atoms with Crippen LogP contribution in [-0.2, 0) is 28.7 Å². The number of fused-ring (bicyclic) bond motifs is 2. The summed E-state index contributed by atoms with van der Waals surface area (Å²) in [6.45, 7) is 5.55.